The molecule has 0 unspecified atom stereocenters. The highest BCUT2D eigenvalue weighted by molar-refractivity contribution is 6.69. The molecule has 0 radical (unpaired) electrons. The van der Waals surface area contributed by atoms with Gasteiger partial charge in [0.1, 0.15) is 5.17 Å². The number of rotatable bonds is 5. The molecule has 0 N–H and O–H groups in total. The lowest BCUT2D eigenvalue weighted by Crippen LogP contribution is -1.98. The molecule has 0 saturated carbocycles. The van der Waals surface area contributed by atoms with Crippen molar-refractivity contribution in [3.63, 3.8) is 0 Å². The Labute approximate surface area is 147 Å². The zero-order valence-electron chi connectivity index (χ0n) is 14.3. The number of aliphatic imine (C=N–C) groups is 1. The van der Waals surface area contributed by atoms with Crippen molar-refractivity contribution >= 4 is 28.1 Å². The van der Waals surface area contributed by atoms with E-state index in [4.69, 9.17) is 11.6 Å². The van der Waals surface area contributed by atoms with Crippen molar-refractivity contribution in [3.8, 4) is 0 Å². The predicted molar refractivity (Wildman–Crippen MR) is 99.8 cm³/mol. The second kappa shape index (κ2) is 7.58. The summed E-state index contributed by atoms with van der Waals surface area (Å²) >= 11 is 6.41. The molecule has 0 aliphatic heterocycles. The normalized spacial score (nSPS) is 12.0. The van der Waals surface area contributed by atoms with Gasteiger partial charge in [-0.05, 0) is 35.1 Å². The van der Waals surface area contributed by atoms with Gasteiger partial charge in [0.2, 0.25) is 0 Å². The number of para-hydroxylation sites is 1. The molecule has 0 heterocycles. The van der Waals surface area contributed by atoms with Crippen LogP contribution < -0.4 is 0 Å². The molecule has 24 heavy (non-hydrogen) atoms. The highest BCUT2D eigenvalue weighted by Gasteiger charge is 2.14. The number of nitro benzene ring substituents is 1. The monoisotopic (exact) mass is 344 g/mol. The Morgan fingerprint density at radius 3 is 1.92 bits per heavy atom. The van der Waals surface area contributed by atoms with E-state index in [1.54, 1.807) is 12.1 Å². The van der Waals surface area contributed by atoms with Crippen LogP contribution in [0.3, 0.4) is 0 Å². The quantitative estimate of drug-likeness (QED) is 0.370. The Morgan fingerprint density at radius 1 is 1.00 bits per heavy atom. The smallest absolute Gasteiger partial charge is 0.258 e. The minimum Gasteiger partial charge on any atom is -0.258 e. The van der Waals surface area contributed by atoms with Gasteiger partial charge < -0.3 is 0 Å². The number of nitrogens with zero attached hydrogens (tertiary/aromatic N) is 2. The molecule has 126 valence electrons. The van der Waals surface area contributed by atoms with Crippen LogP contribution in [-0.2, 0) is 0 Å². The Kier molecular flexibility index (Phi) is 5.73. The van der Waals surface area contributed by atoms with Gasteiger partial charge in [0.15, 0.2) is 0 Å². The van der Waals surface area contributed by atoms with Gasteiger partial charge in [0, 0.05) is 17.7 Å². The van der Waals surface area contributed by atoms with E-state index < -0.39 is 4.92 Å². The van der Waals surface area contributed by atoms with Crippen molar-refractivity contribution in [2.45, 2.75) is 39.5 Å². The first-order chi connectivity index (χ1) is 11.3. The molecule has 0 bridgehead atoms. The van der Waals surface area contributed by atoms with Crippen LogP contribution in [-0.4, -0.2) is 10.1 Å². The van der Waals surface area contributed by atoms with Crippen molar-refractivity contribution in [1.29, 1.82) is 0 Å². The van der Waals surface area contributed by atoms with E-state index in [0.717, 1.165) is 16.8 Å². The van der Waals surface area contributed by atoms with Crippen molar-refractivity contribution in [1.82, 2.24) is 0 Å². The van der Waals surface area contributed by atoms with Crippen LogP contribution in [0.1, 0.15) is 56.2 Å². The van der Waals surface area contributed by atoms with Crippen molar-refractivity contribution in [2.75, 3.05) is 0 Å². The second-order valence-electron chi connectivity index (χ2n) is 6.30. The van der Waals surface area contributed by atoms with Crippen LogP contribution in [0, 0.1) is 10.1 Å². The van der Waals surface area contributed by atoms with E-state index in [-0.39, 0.29) is 5.69 Å². The first kappa shape index (κ1) is 18.1. The molecule has 0 spiro atoms. The topological polar surface area (TPSA) is 55.5 Å². The predicted octanol–water partition coefficient (Wildman–Crippen LogP) is 6.16. The maximum Gasteiger partial charge on any atom is 0.269 e. The standard InChI is InChI=1S/C19H21ClN2O2/c1-12(2)16-6-5-7-17(13(3)4)18(16)21-19(20)14-8-10-15(11-9-14)22(23)24/h5-13H,1-4H3. The Balaban J connectivity index is 2.51. The van der Waals surface area contributed by atoms with Gasteiger partial charge in [-0.1, -0.05) is 57.5 Å². The molecule has 0 aromatic heterocycles. The third kappa shape index (κ3) is 4.01. The van der Waals surface area contributed by atoms with Crippen molar-refractivity contribution in [2.24, 2.45) is 4.99 Å². The highest BCUT2D eigenvalue weighted by Crippen LogP contribution is 2.35. The summed E-state index contributed by atoms with van der Waals surface area (Å²) in [4.78, 5) is 15.0. The summed E-state index contributed by atoms with van der Waals surface area (Å²) in [5.74, 6) is 0.646. The third-order valence-corrected chi connectivity index (χ3v) is 4.17. The highest BCUT2D eigenvalue weighted by atomic mass is 35.5. The van der Waals surface area contributed by atoms with Gasteiger partial charge >= 0.3 is 0 Å². The van der Waals surface area contributed by atoms with Crippen LogP contribution in [0.2, 0.25) is 0 Å². The first-order valence-corrected chi connectivity index (χ1v) is 8.31. The maximum atomic E-state index is 10.8. The van der Waals surface area contributed by atoms with Crippen molar-refractivity contribution in [3.05, 3.63) is 69.3 Å². The van der Waals surface area contributed by atoms with Crippen LogP contribution in [0.15, 0.2) is 47.5 Å². The molecule has 0 saturated heterocycles. The Morgan fingerprint density at radius 2 is 1.50 bits per heavy atom. The van der Waals surface area contributed by atoms with Gasteiger partial charge in [0.05, 0.1) is 10.6 Å². The summed E-state index contributed by atoms with van der Waals surface area (Å²) < 4.78 is 0. The lowest BCUT2D eigenvalue weighted by atomic mass is 9.93. The largest absolute Gasteiger partial charge is 0.269 e. The molecule has 0 amide bonds. The molecular weight excluding hydrogens is 324 g/mol. The molecule has 2 aromatic rings. The van der Waals surface area contributed by atoms with E-state index in [1.165, 1.54) is 12.1 Å². The minimum atomic E-state index is -0.431. The Hall–Kier alpha value is -2.20. The summed E-state index contributed by atoms with van der Waals surface area (Å²) in [5.41, 5.74) is 3.87. The zero-order chi connectivity index (χ0) is 17.9. The number of hydrogen-bond acceptors (Lipinski definition) is 3. The van der Waals surface area contributed by atoms with E-state index in [0.29, 0.717) is 22.6 Å². The molecule has 0 aliphatic carbocycles. The van der Waals surface area contributed by atoms with Crippen LogP contribution >= 0.6 is 11.6 Å². The summed E-state index contributed by atoms with van der Waals surface area (Å²) in [6.45, 7) is 8.49. The number of non-ortho nitro benzene ring substituents is 1. The average molecular weight is 345 g/mol. The molecule has 2 rings (SSSR count). The van der Waals surface area contributed by atoms with Crippen LogP contribution in [0.25, 0.3) is 0 Å². The van der Waals surface area contributed by atoms with E-state index in [1.807, 2.05) is 6.07 Å². The number of benzene rings is 2. The fourth-order valence-corrected chi connectivity index (χ4v) is 2.73. The molecule has 5 heteroatoms. The lowest BCUT2D eigenvalue weighted by Gasteiger charge is -2.16. The summed E-state index contributed by atoms with van der Waals surface area (Å²) in [6, 6.07) is 12.3. The Bertz CT molecular complexity index is 739. The lowest BCUT2D eigenvalue weighted by molar-refractivity contribution is -0.384. The van der Waals surface area contributed by atoms with Crippen LogP contribution in [0.4, 0.5) is 11.4 Å². The molecule has 0 aliphatic rings. The number of nitro groups is 1. The minimum absolute atomic E-state index is 0.0358. The van der Waals surface area contributed by atoms with Gasteiger partial charge in [-0.3, -0.25) is 10.1 Å². The van der Waals surface area contributed by atoms with Gasteiger partial charge in [0.25, 0.3) is 5.69 Å². The second-order valence-corrected chi connectivity index (χ2v) is 6.66. The number of hydrogen-bond donors (Lipinski definition) is 0. The molecule has 4 nitrogen and oxygen atoms in total. The molecule has 2 aromatic carbocycles. The maximum absolute atomic E-state index is 10.8. The van der Waals surface area contributed by atoms with Gasteiger partial charge in [-0.15, -0.1) is 0 Å². The summed E-state index contributed by atoms with van der Waals surface area (Å²) in [7, 11) is 0. The zero-order valence-corrected chi connectivity index (χ0v) is 15.0. The summed E-state index contributed by atoms with van der Waals surface area (Å²) in [5, 5.41) is 11.1. The van der Waals surface area contributed by atoms with Crippen LogP contribution in [0.5, 0.6) is 0 Å². The van der Waals surface area contributed by atoms with E-state index in [2.05, 4.69) is 44.8 Å². The SMILES string of the molecule is CC(C)c1cccc(C(C)C)c1N=C(Cl)c1ccc([N+](=O)[O-])cc1. The molecular formula is C19H21ClN2O2. The van der Waals surface area contributed by atoms with Gasteiger partial charge in [-0.2, -0.15) is 0 Å². The van der Waals surface area contributed by atoms with E-state index >= 15 is 0 Å². The first-order valence-electron chi connectivity index (χ1n) is 7.93. The summed E-state index contributed by atoms with van der Waals surface area (Å²) in [6.07, 6.45) is 0. The fourth-order valence-electron chi connectivity index (χ4n) is 2.52. The van der Waals surface area contributed by atoms with Crippen molar-refractivity contribution < 1.29 is 4.92 Å². The third-order valence-electron chi connectivity index (χ3n) is 3.87. The fraction of sp³-hybridized carbons (Fsp3) is 0.316. The molecule has 0 atom stereocenters. The average Bonchev–Trinajstić information content (AvgIpc) is 2.54. The van der Waals surface area contributed by atoms with Gasteiger partial charge in [-0.25, -0.2) is 4.99 Å². The van der Waals surface area contributed by atoms with E-state index in [9.17, 15) is 10.1 Å². The molecule has 0 fully saturated rings. The number of halogens is 1.